The van der Waals surface area contributed by atoms with Crippen molar-refractivity contribution < 1.29 is 17.9 Å². The van der Waals surface area contributed by atoms with Crippen molar-refractivity contribution in [2.75, 3.05) is 18.7 Å². The average Bonchev–Trinajstić information content (AvgIpc) is 2.46. The normalized spacial score (nSPS) is 11.0. The van der Waals surface area contributed by atoms with Gasteiger partial charge in [0.25, 0.3) is 5.91 Å². The molecule has 0 bridgehead atoms. The van der Waals surface area contributed by atoms with Crippen LogP contribution >= 0.6 is 0 Å². The number of carbonyl (C=O) groups excluding carboxylic acids is 1. The van der Waals surface area contributed by atoms with Gasteiger partial charge >= 0.3 is 0 Å². The number of methoxy groups -OCH3 is 1. The van der Waals surface area contributed by atoms with Gasteiger partial charge in [-0.3, -0.25) is 4.79 Å². The molecule has 0 aliphatic rings. The lowest BCUT2D eigenvalue weighted by Gasteiger charge is -2.10. The lowest BCUT2D eigenvalue weighted by Crippen LogP contribution is -2.14. The highest BCUT2D eigenvalue weighted by Gasteiger charge is 2.13. The summed E-state index contributed by atoms with van der Waals surface area (Å²) in [6, 6.07) is 11.5. The topological polar surface area (TPSA) is 72.5 Å². The summed E-state index contributed by atoms with van der Waals surface area (Å²) in [7, 11) is -1.73. The van der Waals surface area contributed by atoms with Crippen molar-refractivity contribution in [3.8, 4) is 5.75 Å². The number of hydrogen-bond donors (Lipinski definition) is 1. The fraction of sp³-hybridized carbons (Fsp3) is 0.188. The summed E-state index contributed by atoms with van der Waals surface area (Å²) in [6.45, 7) is 1.70. The van der Waals surface area contributed by atoms with Crippen LogP contribution in [0.5, 0.6) is 5.75 Å². The molecular weight excluding hydrogens is 302 g/mol. The van der Waals surface area contributed by atoms with Gasteiger partial charge in [0, 0.05) is 23.6 Å². The number of anilines is 1. The van der Waals surface area contributed by atoms with Crippen LogP contribution in [0.25, 0.3) is 0 Å². The van der Waals surface area contributed by atoms with Gasteiger partial charge in [0.05, 0.1) is 12.0 Å². The predicted octanol–water partition coefficient (Wildman–Crippen LogP) is 2.66. The second-order valence-corrected chi connectivity index (χ2v) is 6.95. The third-order valence-corrected chi connectivity index (χ3v) is 4.31. The molecule has 0 saturated heterocycles. The summed E-state index contributed by atoms with van der Waals surface area (Å²) in [6.07, 6.45) is 1.14. The van der Waals surface area contributed by atoms with Gasteiger partial charge in [-0.1, -0.05) is 6.07 Å². The molecule has 0 aliphatic carbocycles. The maximum Gasteiger partial charge on any atom is 0.255 e. The molecule has 2 aromatic carbocycles. The van der Waals surface area contributed by atoms with Crippen LogP contribution in [0, 0.1) is 6.92 Å². The summed E-state index contributed by atoms with van der Waals surface area (Å²) < 4.78 is 28.1. The third kappa shape index (κ3) is 3.65. The molecule has 0 unspecified atom stereocenters. The molecule has 0 aliphatic heterocycles. The number of aryl methyl sites for hydroxylation is 1. The Morgan fingerprint density at radius 3 is 2.45 bits per heavy atom. The highest BCUT2D eigenvalue weighted by molar-refractivity contribution is 7.90. The van der Waals surface area contributed by atoms with Crippen LogP contribution in [0.3, 0.4) is 0 Å². The number of benzene rings is 2. The minimum Gasteiger partial charge on any atom is -0.497 e. The van der Waals surface area contributed by atoms with Gasteiger partial charge in [-0.25, -0.2) is 8.42 Å². The zero-order chi connectivity index (χ0) is 16.3. The maximum atomic E-state index is 12.3. The lowest BCUT2D eigenvalue weighted by atomic mass is 10.1. The molecule has 1 amide bonds. The summed E-state index contributed by atoms with van der Waals surface area (Å²) in [4.78, 5) is 12.5. The average molecular weight is 319 g/mol. The van der Waals surface area contributed by atoms with E-state index in [-0.39, 0.29) is 10.8 Å². The van der Waals surface area contributed by atoms with E-state index >= 15 is 0 Å². The fourth-order valence-corrected chi connectivity index (χ4v) is 2.73. The van der Waals surface area contributed by atoms with Gasteiger partial charge in [0.2, 0.25) is 0 Å². The standard InChI is InChI=1S/C16H17NO4S/c1-11-9-14(22(3,19)20)7-8-15(11)16(18)17-12-5-4-6-13(10-12)21-2/h4-10H,1-3H3,(H,17,18). The molecule has 2 rings (SSSR count). The Morgan fingerprint density at radius 1 is 1.14 bits per heavy atom. The summed E-state index contributed by atoms with van der Waals surface area (Å²) in [5.74, 6) is 0.341. The van der Waals surface area contributed by atoms with Crippen LogP contribution in [-0.2, 0) is 9.84 Å². The van der Waals surface area contributed by atoms with Gasteiger partial charge in [-0.2, -0.15) is 0 Å². The molecule has 5 nitrogen and oxygen atoms in total. The monoisotopic (exact) mass is 319 g/mol. The first-order chi connectivity index (χ1) is 10.3. The van der Waals surface area contributed by atoms with Crippen LogP contribution in [0.2, 0.25) is 0 Å². The molecule has 0 aromatic heterocycles. The molecule has 0 heterocycles. The van der Waals surface area contributed by atoms with Gasteiger partial charge in [0.15, 0.2) is 9.84 Å². The van der Waals surface area contributed by atoms with E-state index in [1.54, 1.807) is 38.3 Å². The van der Waals surface area contributed by atoms with Crippen LogP contribution in [-0.4, -0.2) is 27.7 Å². The minimum atomic E-state index is -3.28. The molecule has 22 heavy (non-hydrogen) atoms. The van der Waals surface area contributed by atoms with Crippen molar-refractivity contribution >= 4 is 21.4 Å². The largest absolute Gasteiger partial charge is 0.497 e. The zero-order valence-corrected chi connectivity index (χ0v) is 13.4. The first-order valence-corrected chi connectivity index (χ1v) is 8.46. The van der Waals surface area contributed by atoms with E-state index in [0.29, 0.717) is 22.6 Å². The Bertz CT molecular complexity index is 813. The van der Waals surface area contributed by atoms with Crippen LogP contribution in [0.15, 0.2) is 47.4 Å². The fourth-order valence-electron chi connectivity index (χ4n) is 2.02. The van der Waals surface area contributed by atoms with Crippen molar-refractivity contribution in [1.29, 1.82) is 0 Å². The maximum absolute atomic E-state index is 12.3. The Labute approximate surface area is 129 Å². The SMILES string of the molecule is COc1cccc(NC(=O)c2ccc(S(C)(=O)=O)cc2C)c1. The van der Waals surface area contributed by atoms with Crippen molar-refractivity contribution in [2.45, 2.75) is 11.8 Å². The summed E-state index contributed by atoms with van der Waals surface area (Å²) in [5.41, 5.74) is 1.63. The molecule has 1 N–H and O–H groups in total. The van der Waals surface area contributed by atoms with E-state index in [2.05, 4.69) is 5.32 Å². The van der Waals surface area contributed by atoms with Crippen LogP contribution in [0.4, 0.5) is 5.69 Å². The van der Waals surface area contributed by atoms with E-state index < -0.39 is 9.84 Å². The molecule has 0 spiro atoms. The third-order valence-electron chi connectivity index (χ3n) is 3.20. The predicted molar refractivity (Wildman–Crippen MR) is 85.2 cm³/mol. The van der Waals surface area contributed by atoms with Gasteiger partial charge < -0.3 is 10.1 Å². The molecule has 0 atom stereocenters. The lowest BCUT2D eigenvalue weighted by molar-refractivity contribution is 0.102. The van der Waals surface area contributed by atoms with E-state index in [0.717, 1.165) is 6.26 Å². The van der Waals surface area contributed by atoms with Crippen molar-refractivity contribution in [2.24, 2.45) is 0 Å². The molecule has 0 saturated carbocycles. The summed E-state index contributed by atoms with van der Waals surface area (Å²) >= 11 is 0. The van der Waals surface area contributed by atoms with Crippen molar-refractivity contribution in [3.63, 3.8) is 0 Å². The number of rotatable bonds is 4. The number of amides is 1. The molecule has 0 radical (unpaired) electrons. The van der Waals surface area contributed by atoms with Gasteiger partial charge in [0.1, 0.15) is 5.75 Å². The smallest absolute Gasteiger partial charge is 0.255 e. The van der Waals surface area contributed by atoms with Crippen LogP contribution in [0.1, 0.15) is 15.9 Å². The second kappa shape index (κ2) is 6.19. The highest BCUT2D eigenvalue weighted by Crippen LogP contribution is 2.20. The quantitative estimate of drug-likeness (QED) is 0.940. The Kier molecular flexibility index (Phi) is 4.51. The molecule has 116 valence electrons. The number of ether oxygens (including phenoxy) is 1. The van der Waals surface area contributed by atoms with Crippen molar-refractivity contribution in [3.05, 3.63) is 53.6 Å². The highest BCUT2D eigenvalue weighted by atomic mass is 32.2. The molecule has 0 fully saturated rings. The molecule has 6 heteroatoms. The van der Waals surface area contributed by atoms with E-state index in [4.69, 9.17) is 4.74 Å². The number of sulfone groups is 1. The number of hydrogen-bond acceptors (Lipinski definition) is 4. The van der Waals surface area contributed by atoms with Crippen molar-refractivity contribution in [1.82, 2.24) is 0 Å². The molecule has 2 aromatic rings. The molecular formula is C16H17NO4S. The first kappa shape index (κ1) is 16.0. The zero-order valence-electron chi connectivity index (χ0n) is 12.6. The van der Waals surface area contributed by atoms with Crippen LogP contribution < -0.4 is 10.1 Å². The van der Waals surface area contributed by atoms with E-state index in [1.807, 2.05) is 0 Å². The Balaban J connectivity index is 2.26. The Morgan fingerprint density at radius 2 is 1.86 bits per heavy atom. The Hall–Kier alpha value is -2.34. The van der Waals surface area contributed by atoms with E-state index in [9.17, 15) is 13.2 Å². The summed E-state index contributed by atoms with van der Waals surface area (Å²) in [5, 5.41) is 2.76. The first-order valence-electron chi connectivity index (χ1n) is 6.57. The number of carbonyl (C=O) groups is 1. The minimum absolute atomic E-state index is 0.197. The van der Waals surface area contributed by atoms with Gasteiger partial charge in [-0.05, 0) is 42.8 Å². The van der Waals surface area contributed by atoms with E-state index in [1.165, 1.54) is 18.2 Å². The number of nitrogens with one attached hydrogen (secondary N) is 1. The van der Waals surface area contributed by atoms with Gasteiger partial charge in [-0.15, -0.1) is 0 Å². The second-order valence-electron chi connectivity index (χ2n) is 4.93.